The summed E-state index contributed by atoms with van der Waals surface area (Å²) < 4.78 is 1.51. The number of amides is 1. The van der Waals surface area contributed by atoms with Crippen LogP contribution in [0.3, 0.4) is 0 Å². The Morgan fingerprint density at radius 2 is 2.11 bits per heavy atom. The van der Waals surface area contributed by atoms with Crippen molar-refractivity contribution >= 4 is 23.4 Å². The number of benzene rings is 1. The van der Waals surface area contributed by atoms with Gasteiger partial charge in [-0.25, -0.2) is 0 Å². The molecule has 0 aliphatic heterocycles. The quantitative estimate of drug-likeness (QED) is 0.744. The van der Waals surface area contributed by atoms with Crippen molar-refractivity contribution in [1.29, 1.82) is 5.26 Å². The number of hydrogen-bond acceptors (Lipinski definition) is 5. The second-order valence-corrected chi connectivity index (χ2v) is 7.14. The van der Waals surface area contributed by atoms with Crippen LogP contribution in [0.25, 0.3) is 0 Å². The monoisotopic (exact) mass is 367 g/mol. The van der Waals surface area contributed by atoms with Crippen molar-refractivity contribution < 1.29 is 14.7 Å². The molecule has 2 aromatic rings. The zero-order valence-electron chi connectivity index (χ0n) is 14.9. The van der Waals surface area contributed by atoms with Gasteiger partial charge in [-0.1, -0.05) is 18.2 Å². The summed E-state index contributed by atoms with van der Waals surface area (Å²) in [5.41, 5.74) is 5.48. The highest BCUT2D eigenvalue weighted by atomic mass is 16.4. The van der Waals surface area contributed by atoms with Crippen molar-refractivity contribution in [1.82, 2.24) is 9.78 Å². The Morgan fingerprint density at radius 3 is 2.70 bits per heavy atom. The van der Waals surface area contributed by atoms with E-state index in [1.165, 1.54) is 10.9 Å². The van der Waals surface area contributed by atoms with Gasteiger partial charge in [0.15, 0.2) is 5.82 Å². The number of para-hydroxylation sites is 1. The highest BCUT2D eigenvalue weighted by molar-refractivity contribution is 5.98. The average Bonchev–Trinajstić information content (AvgIpc) is 3.06. The number of aromatic nitrogens is 2. The van der Waals surface area contributed by atoms with E-state index < -0.39 is 23.3 Å². The third-order valence-corrected chi connectivity index (χ3v) is 5.19. The Morgan fingerprint density at radius 1 is 1.41 bits per heavy atom. The number of carbonyl (C=O) groups excluding carboxylic acids is 1. The standard InChI is InChI=1S/C19H21N5O3/c1-19(18(26)27)8-7-12(10-20)15(9-19)24-11-14(16(21)25)17(23-24)22-13-5-3-2-4-6-13/h2-6,11-12,15H,7-9H2,1H3,(H2,21,25)(H,22,23)(H,26,27). The van der Waals surface area contributed by atoms with E-state index in [1.54, 1.807) is 6.92 Å². The minimum Gasteiger partial charge on any atom is -0.481 e. The van der Waals surface area contributed by atoms with Crippen molar-refractivity contribution in [2.75, 3.05) is 5.32 Å². The van der Waals surface area contributed by atoms with Crippen LogP contribution in [0.1, 0.15) is 42.6 Å². The van der Waals surface area contributed by atoms with Gasteiger partial charge < -0.3 is 16.2 Å². The van der Waals surface area contributed by atoms with Crippen LogP contribution < -0.4 is 11.1 Å². The predicted molar refractivity (Wildman–Crippen MR) is 98.2 cm³/mol. The lowest BCUT2D eigenvalue weighted by Gasteiger charge is -2.37. The summed E-state index contributed by atoms with van der Waals surface area (Å²) in [6.07, 6.45) is 2.63. The van der Waals surface area contributed by atoms with E-state index in [2.05, 4.69) is 16.5 Å². The van der Waals surface area contributed by atoms with Crippen molar-refractivity contribution in [3.05, 3.63) is 42.1 Å². The second kappa shape index (κ2) is 7.11. The van der Waals surface area contributed by atoms with E-state index in [1.807, 2.05) is 30.3 Å². The summed E-state index contributed by atoms with van der Waals surface area (Å²) in [4.78, 5) is 23.5. The molecule has 1 amide bonds. The van der Waals surface area contributed by atoms with E-state index in [4.69, 9.17) is 5.73 Å². The number of nitrogens with two attached hydrogens (primary N) is 1. The van der Waals surface area contributed by atoms with Gasteiger partial charge in [-0.2, -0.15) is 10.4 Å². The fraction of sp³-hybridized carbons (Fsp3) is 0.368. The highest BCUT2D eigenvalue weighted by Crippen LogP contribution is 2.44. The summed E-state index contributed by atoms with van der Waals surface area (Å²) in [5, 5.41) is 26.6. The predicted octanol–water partition coefficient (Wildman–Crippen LogP) is 2.68. The van der Waals surface area contributed by atoms with Gasteiger partial charge >= 0.3 is 5.97 Å². The van der Waals surface area contributed by atoms with E-state index in [0.717, 1.165) is 5.69 Å². The smallest absolute Gasteiger partial charge is 0.309 e. The van der Waals surface area contributed by atoms with Crippen molar-refractivity contribution in [2.45, 2.75) is 32.2 Å². The van der Waals surface area contributed by atoms with Crippen LogP contribution in [0, 0.1) is 22.7 Å². The average molecular weight is 367 g/mol. The first-order valence-corrected chi connectivity index (χ1v) is 8.68. The Balaban J connectivity index is 1.97. The minimum absolute atomic E-state index is 0.193. The molecule has 3 rings (SSSR count). The lowest BCUT2D eigenvalue weighted by atomic mass is 9.69. The molecule has 1 aromatic carbocycles. The maximum absolute atomic E-state index is 11.9. The number of anilines is 2. The molecule has 3 unspecified atom stereocenters. The number of hydrogen-bond donors (Lipinski definition) is 3. The number of carboxylic acid groups (broad SMARTS) is 1. The normalized spacial score (nSPS) is 24.7. The molecule has 0 spiro atoms. The zero-order valence-corrected chi connectivity index (χ0v) is 14.9. The number of aliphatic carboxylic acids is 1. The molecule has 1 aromatic heterocycles. The van der Waals surface area contributed by atoms with Crippen molar-refractivity contribution in [2.24, 2.45) is 17.1 Å². The third kappa shape index (κ3) is 3.62. The van der Waals surface area contributed by atoms with Crippen molar-refractivity contribution in [3.8, 4) is 6.07 Å². The number of nitrogens with zero attached hydrogens (tertiary/aromatic N) is 3. The molecule has 8 heteroatoms. The zero-order chi connectivity index (χ0) is 19.6. The van der Waals surface area contributed by atoms with Gasteiger partial charge in [-0.3, -0.25) is 14.3 Å². The Kier molecular flexibility index (Phi) is 4.86. The topological polar surface area (TPSA) is 134 Å². The molecule has 1 aliphatic carbocycles. The maximum Gasteiger partial charge on any atom is 0.309 e. The first-order chi connectivity index (χ1) is 12.8. The van der Waals surface area contributed by atoms with Crippen LogP contribution in [-0.4, -0.2) is 26.8 Å². The van der Waals surface area contributed by atoms with Gasteiger partial charge in [0.05, 0.1) is 23.4 Å². The van der Waals surface area contributed by atoms with Crippen LogP contribution >= 0.6 is 0 Å². The number of carboxylic acids is 1. The Hall–Kier alpha value is -3.34. The molecular formula is C19H21N5O3. The molecule has 0 saturated heterocycles. The molecule has 3 atom stereocenters. The largest absolute Gasteiger partial charge is 0.481 e. The summed E-state index contributed by atoms with van der Waals surface area (Å²) in [5.74, 6) is -1.64. The van der Waals surface area contributed by atoms with E-state index in [9.17, 15) is 20.0 Å². The minimum atomic E-state index is -0.941. The molecule has 1 fully saturated rings. The second-order valence-electron chi connectivity index (χ2n) is 7.14. The fourth-order valence-corrected chi connectivity index (χ4v) is 3.49. The van der Waals surface area contributed by atoms with E-state index in [0.29, 0.717) is 12.8 Å². The number of rotatable bonds is 5. The SMILES string of the molecule is CC1(C(=O)O)CCC(C#N)C(n2cc(C(N)=O)c(Nc3ccccc3)n2)C1. The van der Waals surface area contributed by atoms with E-state index in [-0.39, 0.29) is 23.7 Å². The number of primary amides is 1. The summed E-state index contributed by atoms with van der Waals surface area (Å²) in [6.45, 7) is 1.68. The maximum atomic E-state index is 11.9. The van der Waals surface area contributed by atoms with Gasteiger partial charge in [0.25, 0.3) is 5.91 Å². The Labute approximate surface area is 156 Å². The summed E-state index contributed by atoms with van der Waals surface area (Å²) >= 11 is 0. The molecular weight excluding hydrogens is 346 g/mol. The lowest BCUT2D eigenvalue weighted by molar-refractivity contribution is -0.151. The van der Waals surface area contributed by atoms with Gasteiger partial charge in [0, 0.05) is 11.9 Å². The summed E-state index contributed by atoms with van der Waals surface area (Å²) in [6, 6.07) is 11.0. The third-order valence-electron chi connectivity index (χ3n) is 5.19. The molecule has 4 N–H and O–H groups in total. The van der Waals surface area contributed by atoms with Crippen LogP contribution in [0.5, 0.6) is 0 Å². The van der Waals surface area contributed by atoms with Gasteiger partial charge in [0.1, 0.15) is 5.56 Å². The van der Waals surface area contributed by atoms with Gasteiger partial charge in [-0.05, 0) is 38.3 Å². The fourth-order valence-electron chi connectivity index (χ4n) is 3.49. The summed E-state index contributed by atoms with van der Waals surface area (Å²) in [7, 11) is 0. The molecule has 1 heterocycles. The van der Waals surface area contributed by atoms with Crippen LogP contribution in [0.15, 0.2) is 36.5 Å². The van der Waals surface area contributed by atoms with Crippen LogP contribution in [0.2, 0.25) is 0 Å². The molecule has 1 aliphatic rings. The van der Waals surface area contributed by atoms with Crippen molar-refractivity contribution in [3.63, 3.8) is 0 Å². The van der Waals surface area contributed by atoms with Crippen LogP contribution in [-0.2, 0) is 4.79 Å². The Bertz CT molecular complexity index is 902. The molecule has 0 bridgehead atoms. The number of carbonyl (C=O) groups is 2. The molecule has 140 valence electrons. The first kappa shape index (κ1) is 18.5. The number of nitriles is 1. The molecule has 8 nitrogen and oxygen atoms in total. The van der Waals surface area contributed by atoms with E-state index >= 15 is 0 Å². The van der Waals surface area contributed by atoms with Crippen LogP contribution in [0.4, 0.5) is 11.5 Å². The highest BCUT2D eigenvalue weighted by Gasteiger charge is 2.44. The molecule has 0 radical (unpaired) electrons. The first-order valence-electron chi connectivity index (χ1n) is 8.68. The number of nitrogens with one attached hydrogen (secondary N) is 1. The molecule has 1 saturated carbocycles. The van der Waals surface area contributed by atoms with Gasteiger partial charge in [-0.15, -0.1) is 0 Å². The van der Waals surface area contributed by atoms with Gasteiger partial charge in [0.2, 0.25) is 0 Å². The molecule has 27 heavy (non-hydrogen) atoms. The lowest BCUT2D eigenvalue weighted by Crippen LogP contribution is -2.38.